The highest BCUT2D eigenvalue weighted by Gasteiger charge is 2.24. The van der Waals surface area contributed by atoms with E-state index in [2.05, 4.69) is 21.2 Å². The van der Waals surface area contributed by atoms with E-state index in [4.69, 9.17) is 5.14 Å². The number of thioether (sulfide) groups is 1. The number of carbonyl (C=O) groups is 1. The molecule has 0 spiro atoms. The maximum Gasteiger partial charge on any atom is 0.238 e. The highest BCUT2D eigenvalue weighted by Crippen LogP contribution is 2.29. The van der Waals surface area contributed by atoms with Crippen LogP contribution in [0.1, 0.15) is 12.8 Å². The number of nitrogens with one attached hydrogen (secondary N) is 1. The molecular formula is C11H13BrN2O3S2. The van der Waals surface area contributed by atoms with Gasteiger partial charge in [0.15, 0.2) is 0 Å². The summed E-state index contributed by atoms with van der Waals surface area (Å²) in [5, 5.41) is 7.80. The molecule has 1 aliphatic rings. The number of anilines is 1. The van der Waals surface area contributed by atoms with Gasteiger partial charge in [0.1, 0.15) is 0 Å². The van der Waals surface area contributed by atoms with Crippen molar-refractivity contribution in [2.24, 2.45) is 5.14 Å². The summed E-state index contributed by atoms with van der Waals surface area (Å²) in [7, 11) is -3.73. The number of hydrogen-bond acceptors (Lipinski definition) is 4. The van der Waals surface area contributed by atoms with Crippen molar-refractivity contribution < 1.29 is 13.2 Å². The number of hydrogen-bond donors (Lipinski definition) is 2. The Balaban J connectivity index is 2.15. The van der Waals surface area contributed by atoms with Crippen LogP contribution in [0.4, 0.5) is 5.69 Å². The maximum absolute atomic E-state index is 12.0. The van der Waals surface area contributed by atoms with E-state index in [0.717, 1.165) is 18.6 Å². The van der Waals surface area contributed by atoms with Crippen molar-refractivity contribution in [2.75, 3.05) is 11.1 Å². The molecule has 1 atom stereocenters. The van der Waals surface area contributed by atoms with Gasteiger partial charge >= 0.3 is 0 Å². The second-order valence-electron chi connectivity index (χ2n) is 4.18. The lowest BCUT2D eigenvalue weighted by Crippen LogP contribution is -2.23. The molecule has 104 valence electrons. The molecule has 0 aliphatic carbocycles. The van der Waals surface area contributed by atoms with Crippen LogP contribution in [0.3, 0.4) is 0 Å². The molecule has 1 saturated heterocycles. The Morgan fingerprint density at radius 2 is 2.21 bits per heavy atom. The summed E-state index contributed by atoms with van der Waals surface area (Å²) in [6.45, 7) is 0. The van der Waals surface area contributed by atoms with E-state index < -0.39 is 10.0 Å². The van der Waals surface area contributed by atoms with Gasteiger partial charge in [0.25, 0.3) is 0 Å². The first-order valence-corrected chi connectivity index (χ1v) is 9.01. The summed E-state index contributed by atoms with van der Waals surface area (Å²) in [6.07, 6.45) is 1.93. The van der Waals surface area contributed by atoms with Crippen LogP contribution < -0.4 is 10.5 Å². The van der Waals surface area contributed by atoms with Gasteiger partial charge in [0.2, 0.25) is 15.9 Å². The summed E-state index contributed by atoms with van der Waals surface area (Å²) in [6, 6.07) is 4.28. The summed E-state index contributed by atoms with van der Waals surface area (Å²) in [5.74, 6) is 0.954. The van der Waals surface area contributed by atoms with E-state index in [1.54, 1.807) is 11.8 Å². The summed E-state index contributed by atoms with van der Waals surface area (Å²) >= 11 is 4.87. The zero-order valence-electron chi connectivity index (χ0n) is 9.93. The molecule has 1 aliphatic heterocycles. The first-order chi connectivity index (χ1) is 8.88. The van der Waals surface area contributed by atoms with Crippen LogP contribution in [0.15, 0.2) is 27.6 Å². The number of benzene rings is 1. The molecule has 0 radical (unpaired) electrons. The molecule has 1 unspecified atom stereocenters. The number of nitrogens with two attached hydrogens (primary N) is 1. The van der Waals surface area contributed by atoms with Crippen LogP contribution in [0, 0.1) is 0 Å². The maximum atomic E-state index is 12.0. The van der Waals surface area contributed by atoms with Crippen LogP contribution >= 0.6 is 27.7 Å². The van der Waals surface area contributed by atoms with E-state index in [1.165, 1.54) is 18.2 Å². The summed E-state index contributed by atoms with van der Waals surface area (Å²) < 4.78 is 22.9. The van der Waals surface area contributed by atoms with Crippen molar-refractivity contribution in [1.29, 1.82) is 0 Å². The number of primary sulfonamides is 1. The van der Waals surface area contributed by atoms with Gasteiger partial charge in [0, 0.05) is 4.47 Å². The van der Waals surface area contributed by atoms with Gasteiger partial charge in [-0.3, -0.25) is 4.79 Å². The van der Waals surface area contributed by atoms with Crippen molar-refractivity contribution in [3.63, 3.8) is 0 Å². The Morgan fingerprint density at radius 3 is 2.74 bits per heavy atom. The molecule has 1 fully saturated rings. The molecule has 19 heavy (non-hydrogen) atoms. The average Bonchev–Trinajstić information content (AvgIpc) is 2.84. The Kier molecular flexibility index (Phi) is 4.54. The predicted molar refractivity (Wildman–Crippen MR) is 79.6 cm³/mol. The third-order valence-corrected chi connectivity index (χ3v) is 5.69. The third kappa shape index (κ3) is 3.71. The number of sulfonamides is 1. The molecule has 2 rings (SSSR count). The zero-order valence-corrected chi connectivity index (χ0v) is 13.1. The molecule has 0 bridgehead atoms. The van der Waals surface area contributed by atoms with E-state index in [-0.39, 0.29) is 16.1 Å². The fourth-order valence-corrected chi connectivity index (χ4v) is 4.10. The fourth-order valence-electron chi connectivity index (χ4n) is 1.77. The number of carbonyl (C=O) groups excluding carboxylic acids is 1. The van der Waals surface area contributed by atoms with Crippen molar-refractivity contribution >= 4 is 49.3 Å². The van der Waals surface area contributed by atoms with Crippen molar-refractivity contribution in [3.8, 4) is 0 Å². The van der Waals surface area contributed by atoms with Gasteiger partial charge in [0.05, 0.1) is 15.8 Å². The molecule has 1 aromatic carbocycles. The first kappa shape index (κ1) is 14.8. The lowest BCUT2D eigenvalue weighted by molar-refractivity contribution is -0.115. The number of rotatable bonds is 3. The molecule has 8 heteroatoms. The van der Waals surface area contributed by atoms with Crippen LogP contribution in [-0.2, 0) is 14.8 Å². The van der Waals surface area contributed by atoms with Gasteiger partial charge in [-0.15, -0.1) is 11.8 Å². The molecule has 1 amide bonds. The highest BCUT2D eigenvalue weighted by molar-refractivity contribution is 9.10. The van der Waals surface area contributed by atoms with Crippen molar-refractivity contribution in [2.45, 2.75) is 23.0 Å². The van der Waals surface area contributed by atoms with E-state index in [9.17, 15) is 13.2 Å². The molecular weight excluding hydrogens is 352 g/mol. The lowest BCUT2D eigenvalue weighted by Gasteiger charge is -2.12. The highest BCUT2D eigenvalue weighted by atomic mass is 79.9. The van der Waals surface area contributed by atoms with Gasteiger partial charge in [-0.2, -0.15) is 0 Å². The Labute approximate surface area is 124 Å². The van der Waals surface area contributed by atoms with Gasteiger partial charge in [-0.1, -0.05) is 0 Å². The van der Waals surface area contributed by atoms with Gasteiger partial charge < -0.3 is 5.32 Å². The fraction of sp³-hybridized carbons (Fsp3) is 0.364. The minimum atomic E-state index is -3.73. The van der Waals surface area contributed by atoms with Gasteiger partial charge in [-0.05, 0) is 52.7 Å². The largest absolute Gasteiger partial charge is 0.324 e. The summed E-state index contributed by atoms with van der Waals surface area (Å²) in [5.41, 5.74) is 0.546. The standard InChI is InChI=1S/C11H13BrN2O3S2/c12-8-6-7(19(13,16)17)3-4-9(8)14-11(15)10-2-1-5-18-10/h3-4,6,10H,1-2,5H2,(H,14,15)(H2,13,16,17). The van der Waals surface area contributed by atoms with Crippen LogP contribution in [0.5, 0.6) is 0 Å². The number of halogens is 1. The first-order valence-electron chi connectivity index (χ1n) is 5.63. The zero-order chi connectivity index (χ0) is 14.0. The molecule has 1 heterocycles. The number of amides is 1. The van der Waals surface area contributed by atoms with E-state index >= 15 is 0 Å². The van der Waals surface area contributed by atoms with E-state index in [1.807, 2.05) is 0 Å². The summed E-state index contributed by atoms with van der Waals surface area (Å²) in [4.78, 5) is 12.0. The van der Waals surface area contributed by atoms with Crippen LogP contribution in [-0.4, -0.2) is 25.3 Å². The van der Waals surface area contributed by atoms with Crippen molar-refractivity contribution in [3.05, 3.63) is 22.7 Å². The molecule has 0 aromatic heterocycles. The monoisotopic (exact) mass is 364 g/mol. The smallest absolute Gasteiger partial charge is 0.238 e. The minimum Gasteiger partial charge on any atom is -0.324 e. The molecule has 0 saturated carbocycles. The SMILES string of the molecule is NS(=O)(=O)c1ccc(NC(=O)C2CCCS2)c(Br)c1. The topological polar surface area (TPSA) is 89.3 Å². The molecule has 1 aromatic rings. The minimum absolute atomic E-state index is 0.00705. The van der Waals surface area contributed by atoms with E-state index in [0.29, 0.717) is 10.2 Å². The second kappa shape index (κ2) is 5.82. The van der Waals surface area contributed by atoms with Crippen molar-refractivity contribution in [1.82, 2.24) is 0 Å². The quantitative estimate of drug-likeness (QED) is 0.857. The normalized spacial score (nSPS) is 19.4. The Morgan fingerprint density at radius 1 is 1.47 bits per heavy atom. The molecule has 5 nitrogen and oxygen atoms in total. The second-order valence-corrected chi connectivity index (χ2v) is 7.90. The lowest BCUT2D eigenvalue weighted by atomic mass is 10.2. The Hall–Kier alpha value is -0.570. The van der Waals surface area contributed by atoms with Crippen LogP contribution in [0.2, 0.25) is 0 Å². The third-order valence-electron chi connectivity index (χ3n) is 2.75. The average molecular weight is 365 g/mol. The van der Waals surface area contributed by atoms with Crippen LogP contribution in [0.25, 0.3) is 0 Å². The molecule has 3 N–H and O–H groups in total. The predicted octanol–water partition coefficient (Wildman–Crippen LogP) is 1.93. The Bertz CT molecular complexity index is 598. The van der Waals surface area contributed by atoms with Gasteiger partial charge in [-0.25, -0.2) is 13.6 Å².